The maximum Gasteiger partial charge on any atom is 0.221 e. The normalized spacial score (nSPS) is 10.7. The Morgan fingerprint density at radius 1 is 0.611 bits per heavy atom. The molecule has 0 aliphatic carbocycles. The van der Waals surface area contributed by atoms with Crippen molar-refractivity contribution in [3.63, 3.8) is 0 Å². The van der Waals surface area contributed by atoms with Crippen LogP contribution in [0, 0.1) is 0 Å². The second-order valence-electron chi connectivity index (χ2n) is 8.11. The molecule has 36 heavy (non-hydrogen) atoms. The van der Waals surface area contributed by atoms with Crippen molar-refractivity contribution in [2.24, 2.45) is 0 Å². The average molecular weight is 479 g/mol. The van der Waals surface area contributed by atoms with Gasteiger partial charge in [0, 0.05) is 47.5 Å². The van der Waals surface area contributed by atoms with Gasteiger partial charge in [0.2, 0.25) is 11.8 Å². The van der Waals surface area contributed by atoms with E-state index in [-0.39, 0.29) is 11.8 Å². The summed E-state index contributed by atoms with van der Waals surface area (Å²) in [6, 6.07) is 22.4. The number of carbonyl (C=O) groups is 2. The van der Waals surface area contributed by atoms with Gasteiger partial charge in [-0.2, -0.15) is 10.2 Å². The van der Waals surface area contributed by atoms with Gasteiger partial charge in [-0.25, -0.2) is 9.97 Å². The number of H-pyrrole nitrogens is 2. The molecule has 4 N–H and O–H groups in total. The zero-order valence-corrected chi connectivity index (χ0v) is 19.5. The Balaban J connectivity index is 1.35. The number of hydrogen-bond donors (Lipinski definition) is 4. The van der Waals surface area contributed by atoms with Gasteiger partial charge in [-0.15, -0.1) is 0 Å². The minimum atomic E-state index is -0.122. The highest BCUT2D eigenvalue weighted by Crippen LogP contribution is 2.26. The first-order valence-electron chi connectivity index (χ1n) is 11.2. The maximum absolute atomic E-state index is 11.2. The van der Waals surface area contributed by atoms with Crippen LogP contribution >= 0.6 is 0 Å². The summed E-state index contributed by atoms with van der Waals surface area (Å²) in [6.45, 7) is 2.94. The third-order valence-corrected chi connectivity index (χ3v) is 5.31. The van der Waals surface area contributed by atoms with Gasteiger partial charge in [0.05, 0.1) is 0 Å². The molecule has 0 bridgehead atoms. The van der Waals surface area contributed by atoms with E-state index in [2.05, 4.69) is 41.0 Å². The minimum Gasteiger partial charge on any atom is -0.326 e. The lowest BCUT2D eigenvalue weighted by molar-refractivity contribution is -0.115. The number of aromatic nitrogens is 6. The second-order valence-corrected chi connectivity index (χ2v) is 8.11. The predicted molar refractivity (Wildman–Crippen MR) is 137 cm³/mol. The van der Waals surface area contributed by atoms with Crippen molar-refractivity contribution in [3.05, 3.63) is 72.8 Å². The number of carbonyl (C=O) groups excluding carboxylic acids is 2. The molecule has 2 aromatic heterocycles. The number of amides is 2. The van der Waals surface area contributed by atoms with Gasteiger partial charge in [-0.1, -0.05) is 18.2 Å². The molecule has 0 aliphatic rings. The first-order valence-corrected chi connectivity index (χ1v) is 11.2. The van der Waals surface area contributed by atoms with E-state index in [1.165, 1.54) is 13.8 Å². The third kappa shape index (κ3) is 5.02. The summed E-state index contributed by atoms with van der Waals surface area (Å²) < 4.78 is 0. The molecule has 0 unspecified atom stereocenters. The molecule has 178 valence electrons. The molecule has 0 atom stereocenters. The van der Waals surface area contributed by atoms with Gasteiger partial charge in [-0.3, -0.25) is 19.8 Å². The largest absolute Gasteiger partial charge is 0.326 e. The second kappa shape index (κ2) is 9.63. The summed E-state index contributed by atoms with van der Waals surface area (Å²) in [5.74, 6) is 2.08. The highest BCUT2D eigenvalue weighted by molar-refractivity contribution is 5.89. The van der Waals surface area contributed by atoms with Crippen LogP contribution < -0.4 is 10.6 Å². The molecule has 0 saturated carbocycles. The molecule has 0 fully saturated rings. The monoisotopic (exact) mass is 478 g/mol. The average Bonchev–Trinajstić information content (AvgIpc) is 3.55. The quantitative estimate of drug-likeness (QED) is 0.283. The Kier molecular flexibility index (Phi) is 6.06. The van der Waals surface area contributed by atoms with Gasteiger partial charge in [0.15, 0.2) is 23.3 Å². The van der Waals surface area contributed by atoms with Crippen LogP contribution in [0.5, 0.6) is 0 Å². The molecule has 0 saturated heterocycles. The fourth-order valence-corrected chi connectivity index (χ4v) is 3.67. The van der Waals surface area contributed by atoms with Crippen LogP contribution in [-0.4, -0.2) is 42.2 Å². The van der Waals surface area contributed by atoms with E-state index in [1.54, 1.807) is 0 Å². The van der Waals surface area contributed by atoms with Crippen molar-refractivity contribution < 1.29 is 9.59 Å². The smallest absolute Gasteiger partial charge is 0.221 e. The van der Waals surface area contributed by atoms with Crippen molar-refractivity contribution in [2.75, 3.05) is 10.6 Å². The molecule has 5 rings (SSSR count). The summed E-state index contributed by atoms with van der Waals surface area (Å²) in [4.78, 5) is 31.7. The predicted octanol–water partition coefficient (Wildman–Crippen LogP) is 4.51. The summed E-state index contributed by atoms with van der Waals surface area (Å²) in [7, 11) is 0. The fraction of sp³-hybridized carbons (Fsp3) is 0.0769. The third-order valence-electron chi connectivity index (χ3n) is 5.31. The maximum atomic E-state index is 11.2. The molecule has 10 heteroatoms. The molecule has 3 aromatic carbocycles. The number of aromatic amines is 2. The molecule has 0 spiro atoms. The molecular formula is C26H22N8O2. The van der Waals surface area contributed by atoms with Gasteiger partial charge < -0.3 is 10.6 Å². The molecular weight excluding hydrogens is 456 g/mol. The van der Waals surface area contributed by atoms with Crippen molar-refractivity contribution >= 4 is 23.2 Å². The summed E-state index contributed by atoms with van der Waals surface area (Å²) in [5, 5.41) is 20.2. The van der Waals surface area contributed by atoms with E-state index < -0.39 is 0 Å². The van der Waals surface area contributed by atoms with Crippen LogP contribution in [0.15, 0.2) is 72.8 Å². The highest BCUT2D eigenvalue weighted by atomic mass is 16.2. The van der Waals surface area contributed by atoms with Crippen molar-refractivity contribution in [3.8, 4) is 45.6 Å². The number of rotatable bonds is 6. The molecule has 0 aliphatic heterocycles. The molecule has 2 amide bonds. The summed E-state index contributed by atoms with van der Waals surface area (Å²) >= 11 is 0. The van der Waals surface area contributed by atoms with E-state index in [4.69, 9.17) is 0 Å². The van der Waals surface area contributed by atoms with E-state index >= 15 is 0 Å². The van der Waals surface area contributed by atoms with Gasteiger partial charge >= 0.3 is 0 Å². The Labute approximate surface area is 206 Å². The van der Waals surface area contributed by atoms with Gasteiger partial charge in [0.25, 0.3) is 0 Å². The van der Waals surface area contributed by atoms with E-state index in [9.17, 15) is 9.59 Å². The van der Waals surface area contributed by atoms with Gasteiger partial charge in [0.1, 0.15) is 0 Å². The molecule has 10 nitrogen and oxygen atoms in total. The number of benzene rings is 3. The number of hydrogen-bond acceptors (Lipinski definition) is 6. The lowest BCUT2D eigenvalue weighted by Gasteiger charge is -2.02. The van der Waals surface area contributed by atoms with Crippen molar-refractivity contribution in [1.29, 1.82) is 0 Å². The minimum absolute atomic E-state index is 0.122. The Morgan fingerprint density at radius 3 is 1.42 bits per heavy atom. The zero-order chi connectivity index (χ0) is 25.1. The van der Waals surface area contributed by atoms with Crippen molar-refractivity contribution in [1.82, 2.24) is 30.4 Å². The van der Waals surface area contributed by atoms with E-state index in [0.717, 1.165) is 22.3 Å². The van der Waals surface area contributed by atoms with Crippen molar-refractivity contribution in [2.45, 2.75) is 13.8 Å². The molecule has 5 aromatic rings. The Morgan fingerprint density at radius 2 is 1.03 bits per heavy atom. The standard InChI is InChI=1S/C26H22N8O2/c1-15(35)27-21-10-6-17(7-11-21)23-29-25(33-31-23)19-4-3-5-20(14-19)26-30-24(32-34-26)18-8-12-22(13-9-18)28-16(2)36/h3-14H,1-2H3,(H,27,35)(H,28,36)(H,29,31,33)(H,30,32,34). The topological polar surface area (TPSA) is 141 Å². The van der Waals surface area contributed by atoms with Crippen LogP contribution in [0.4, 0.5) is 11.4 Å². The first kappa shape index (κ1) is 22.7. The number of anilines is 2. The number of nitrogens with one attached hydrogen (secondary N) is 4. The van der Waals surface area contributed by atoms with Crippen LogP contribution in [0.25, 0.3) is 45.6 Å². The van der Waals surface area contributed by atoms with Crippen LogP contribution in [0.3, 0.4) is 0 Å². The van der Waals surface area contributed by atoms with Gasteiger partial charge in [-0.05, 0) is 54.6 Å². The lowest BCUT2D eigenvalue weighted by atomic mass is 10.1. The van der Waals surface area contributed by atoms with E-state index in [1.807, 2.05) is 72.8 Å². The lowest BCUT2D eigenvalue weighted by Crippen LogP contribution is -2.05. The van der Waals surface area contributed by atoms with Crippen LogP contribution in [0.1, 0.15) is 13.8 Å². The Hall–Kier alpha value is -5.12. The van der Waals surface area contributed by atoms with E-state index in [0.29, 0.717) is 34.7 Å². The Bertz CT molecular complexity index is 1420. The SMILES string of the molecule is CC(=O)Nc1ccc(-c2nc(-c3cccc(-c4n[nH]c(-c5ccc(NC(C)=O)cc5)n4)c3)n[nH]2)cc1. The summed E-state index contributed by atoms with van der Waals surface area (Å²) in [5.41, 5.74) is 4.76. The van der Waals surface area contributed by atoms with Crippen LogP contribution in [-0.2, 0) is 9.59 Å². The first-order chi connectivity index (χ1) is 17.4. The highest BCUT2D eigenvalue weighted by Gasteiger charge is 2.12. The molecule has 2 heterocycles. The molecule has 0 radical (unpaired) electrons. The number of nitrogens with zero attached hydrogens (tertiary/aromatic N) is 4. The zero-order valence-electron chi connectivity index (χ0n) is 19.5. The fourth-order valence-electron chi connectivity index (χ4n) is 3.67. The van der Waals surface area contributed by atoms with Crippen LogP contribution in [0.2, 0.25) is 0 Å². The summed E-state index contributed by atoms with van der Waals surface area (Å²) in [6.07, 6.45) is 0.